The van der Waals surface area contributed by atoms with Crippen molar-refractivity contribution in [3.63, 3.8) is 0 Å². The summed E-state index contributed by atoms with van der Waals surface area (Å²) in [4.78, 5) is 29.7. The van der Waals surface area contributed by atoms with E-state index in [1.807, 2.05) is 6.26 Å². The van der Waals surface area contributed by atoms with Gasteiger partial charge in [0.15, 0.2) is 0 Å². The first-order chi connectivity index (χ1) is 10.7. The molecule has 0 amide bonds. The SMILES string of the molecule is CC=C[N+](=O)[O-].CN(C)C=C[N+](=O)[O-].CN[C@H](C=O)CCSC. The third-order valence-electron chi connectivity index (χ3n) is 1.93. The van der Waals surface area contributed by atoms with Gasteiger partial charge in [-0.25, -0.2) is 0 Å². The van der Waals surface area contributed by atoms with Crippen LogP contribution >= 0.6 is 11.8 Å². The Bertz CT molecular complexity index is 375. The van der Waals surface area contributed by atoms with Gasteiger partial charge in [0.1, 0.15) is 6.29 Å². The smallest absolute Gasteiger partial charge is 0.250 e. The Morgan fingerprint density at radius 2 is 1.74 bits per heavy atom. The predicted molar refractivity (Wildman–Crippen MR) is 93.5 cm³/mol. The van der Waals surface area contributed by atoms with Crippen LogP contribution in [0.5, 0.6) is 0 Å². The minimum atomic E-state index is -0.500. The highest BCUT2D eigenvalue weighted by atomic mass is 32.2. The lowest BCUT2D eigenvalue weighted by Crippen LogP contribution is -2.26. The van der Waals surface area contributed by atoms with E-state index in [4.69, 9.17) is 0 Å². The summed E-state index contributed by atoms with van der Waals surface area (Å²) in [6, 6.07) is 0.0532. The molecule has 0 saturated heterocycles. The van der Waals surface area contributed by atoms with Gasteiger partial charge in [-0.15, -0.1) is 0 Å². The molecule has 0 aromatic rings. The van der Waals surface area contributed by atoms with Gasteiger partial charge in [-0.2, -0.15) is 11.8 Å². The van der Waals surface area contributed by atoms with Gasteiger partial charge in [-0.3, -0.25) is 20.2 Å². The molecule has 0 unspecified atom stereocenters. The molecule has 0 radical (unpaired) electrons. The number of nitrogens with zero attached hydrogens (tertiary/aromatic N) is 3. The highest BCUT2D eigenvalue weighted by molar-refractivity contribution is 7.98. The molecule has 0 spiro atoms. The van der Waals surface area contributed by atoms with E-state index in [0.717, 1.165) is 30.9 Å². The number of hydrogen-bond acceptors (Lipinski definition) is 8. The van der Waals surface area contributed by atoms with Crippen LogP contribution in [0.1, 0.15) is 13.3 Å². The zero-order valence-corrected chi connectivity index (χ0v) is 15.0. The Kier molecular flexibility index (Phi) is 22.7. The van der Waals surface area contributed by atoms with Crippen molar-refractivity contribution < 1.29 is 14.6 Å². The molecule has 10 heteroatoms. The first-order valence-electron chi connectivity index (χ1n) is 6.61. The molecule has 0 saturated carbocycles. The van der Waals surface area contributed by atoms with Crippen molar-refractivity contribution in [1.82, 2.24) is 10.2 Å². The van der Waals surface area contributed by atoms with Crippen LogP contribution in [0.2, 0.25) is 0 Å². The Morgan fingerprint density at radius 1 is 1.22 bits per heavy atom. The molecule has 0 bridgehead atoms. The van der Waals surface area contributed by atoms with Crippen LogP contribution in [-0.2, 0) is 4.79 Å². The number of nitrogens with one attached hydrogen (secondary N) is 1. The largest absolute Gasteiger partial charge is 0.379 e. The normalized spacial score (nSPS) is 11.0. The van der Waals surface area contributed by atoms with Gasteiger partial charge in [0.05, 0.1) is 22.1 Å². The Hall–Kier alpha value is -1.94. The second kappa shape index (κ2) is 20.1. The van der Waals surface area contributed by atoms with E-state index in [-0.39, 0.29) is 6.04 Å². The minimum Gasteiger partial charge on any atom is -0.379 e. The monoisotopic (exact) mass is 350 g/mol. The number of hydrogen-bond donors (Lipinski definition) is 1. The van der Waals surface area contributed by atoms with Gasteiger partial charge in [0.25, 0.3) is 0 Å². The summed E-state index contributed by atoms with van der Waals surface area (Å²) in [5, 5.41) is 21.8. The van der Waals surface area contributed by atoms with Crippen molar-refractivity contribution in [3.05, 3.63) is 44.9 Å². The molecule has 0 heterocycles. The molecule has 9 nitrogen and oxygen atoms in total. The Balaban J connectivity index is -0.000000266. The number of rotatable bonds is 8. The van der Waals surface area contributed by atoms with Crippen molar-refractivity contribution in [2.75, 3.05) is 33.2 Å². The van der Waals surface area contributed by atoms with Crippen molar-refractivity contribution in [2.24, 2.45) is 0 Å². The van der Waals surface area contributed by atoms with Crippen LogP contribution in [-0.4, -0.2) is 60.2 Å². The summed E-state index contributed by atoms with van der Waals surface area (Å²) in [5.74, 6) is 1.05. The predicted octanol–water partition coefficient (Wildman–Crippen LogP) is 1.62. The number of likely N-dealkylation sites (N-methyl/N-ethyl adjacent to an activating group) is 1. The van der Waals surface area contributed by atoms with Crippen LogP contribution in [0.4, 0.5) is 0 Å². The molecular weight excluding hydrogens is 324 g/mol. The van der Waals surface area contributed by atoms with E-state index in [1.165, 1.54) is 12.3 Å². The lowest BCUT2D eigenvalue weighted by molar-refractivity contribution is -0.403. The maximum absolute atomic E-state index is 10.2. The minimum absolute atomic E-state index is 0.0532. The van der Waals surface area contributed by atoms with Gasteiger partial charge >= 0.3 is 0 Å². The average molecular weight is 350 g/mol. The first-order valence-corrected chi connectivity index (χ1v) is 8.00. The molecule has 0 aliphatic heterocycles. The summed E-state index contributed by atoms with van der Waals surface area (Å²) in [6.45, 7) is 1.60. The molecule has 1 N–H and O–H groups in total. The summed E-state index contributed by atoms with van der Waals surface area (Å²) in [5.41, 5.74) is 0. The maximum Gasteiger partial charge on any atom is 0.250 e. The second-order valence-electron chi connectivity index (χ2n) is 4.13. The number of aldehydes is 1. The fraction of sp³-hybridized carbons (Fsp3) is 0.615. The topological polar surface area (TPSA) is 119 Å². The molecule has 0 aliphatic carbocycles. The van der Waals surface area contributed by atoms with Gasteiger partial charge < -0.3 is 15.0 Å². The molecule has 0 rings (SSSR count). The van der Waals surface area contributed by atoms with E-state index in [2.05, 4.69) is 5.32 Å². The number of thioether (sulfide) groups is 1. The van der Waals surface area contributed by atoms with Crippen LogP contribution < -0.4 is 5.32 Å². The maximum atomic E-state index is 10.2. The molecule has 0 fully saturated rings. The molecule has 0 aliphatic rings. The average Bonchev–Trinajstić information content (AvgIpc) is 2.47. The van der Waals surface area contributed by atoms with Crippen molar-refractivity contribution in [1.29, 1.82) is 0 Å². The highest BCUT2D eigenvalue weighted by Crippen LogP contribution is 1.97. The van der Waals surface area contributed by atoms with Crippen molar-refractivity contribution in [2.45, 2.75) is 19.4 Å². The van der Waals surface area contributed by atoms with Crippen molar-refractivity contribution in [3.8, 4) is 0 Å². The standard InChI is InChI=1S/C6H13NOS.C4H8N2O2.C3H5NO2/c1-7-6(5-8)3-4-9-2;1-5(2)3-4-6(7)8;1-2-3-4(5)6/h5-7H,3-4H2,1-2H3;3-4H,1-2H3;2-3H,1H3/t6-;;/m0../s1. The molecule has 134 valence electrons. The van der Waals surface area contributed by atoms with E-state index in [9.17, 15) is 25.0 Å². The van der Waals surface area contributed by atoms with E-state index in [1.54, 1.807) is 44.7 Å². The molecule has 1 atom stereocenters. The number of carbonyl (C=O) groups excluding carboxylic acids is 1. The van der Waals surface area contributed by atoms with Gasteiger partial charge in [0, 0.05) is 14.1 Å². The summed E-state index contributed by atoms with van der Waals surface area (Å²) >= 11 is 1.76. The highest BCUT2D eigenvalue weighted by Gasteiger charge is 2.00. The third kappa shape index (κ3) is 33.1. The lowest BCUT2D eigenvalue weighted by atomic mass is 10.3. The van der Waals surface area contributed by atoms with Gasteiger partial charge in [-0.1, -0.05) is 0 Å². The number of carbonyl (C=O) groups is 1. The van der Waals surface area contributed by atoms with Crippen LogP contribution in [0, 0.1) is 20.2 Å². The van der Waals surface area contributed by atoms with Crippen LogP contribution in [0.3, 0.4) is 0 Å². The summed E-state index contributed by atoms with van der Waals surface area (Å²) < 4.78 is 0. The molecular formula is C13H26N4O5S. The number of nitro groups is 2. The molecule has 0 aromatic carbocycles. The Morgan fingerprint density at radius 3 is 1.91 bits per heavy atom. The van der Waals surface area contributed by atoms with E-state index in [0.29, 0.717) is 0 Å². The fourth-order valence-electron chi connectivity index (χ4n) is 0.835. The third-order valence-corrected chi connectivity index (χ3v) is 2.57. The van der Waals surface area contributed by atoms with Crippen LogP contribution in [0.25, 0.3) is 0 Å². The molecule has 23 heavy (non-hydrogen) atoms. The zero-order chi connectivity index (χ0) is 18.7. The summed E-state index contributed by atoms with van der Waals surface area (Å²) in [6.07, 6.45) is 8.45. The quantitative estimate of drug-likeness (QED) is 0.398. The van der Waals surface area contributed by atoms with Gasteiger partial charge in [-0.05, 0) is 38.5 Å². The van der Waals surface area contributed by atoms with E-state index >= 15 is 0 Å². The first kappa shape index (κ1) is 26.0. The Labute approximate surface area is 141 Å². The zero-order valence-electron chi connectivity index (χ0n) is 14.2. The summed E-state index contributed by atoms with van der Waals surface area (Å²) in [7, 11) is 5.25. The molecule has 0 aromatic heterocycles. The van der Waals surface area contributed by atoms with Crippen molar-refractivity contribution >= 4 is 18.0 Å². The lowest BCUT2D eigenvalue weighted by Gasteiger charge is -2.05. The number of allylic oxidation sites excluding steroid dienone is 1. The van der Waals surface area contributed by atoms with E-state index < -0.39 is 9.85 Å². The fourth-order valence-corrected chi connectivity index (χ4v) is 1.32. The second-order valence-corrected chi connectivity index (χ2v) is 5.11. The van der Waals surface area contributed by atoms with Crippen LogP contribution in [0.15, 0.2) is 24.7 Å². The van der Waals surface area contributed by atoms with Gasteiger partial charge in [0.2, 0.25) is 12.4 Å².